The summed E-state index contributed by atoms with van der Waals surface area (Å²) in [4.78, 5) is 9.34. The van der Waals surface area contributed by atoms with Gasteiger partial charge in [-0.1, -0.05) is 72.1 Å². The topological polar surface area (TPSA) is 52.7 Å². The summed E-state index contributed by atoms with van der Waals surface area (Å²) in [6.07, 6.45) is 0. The van der Waals surface area contributed by atoms with E-state index in [4.69, 9.17) is 0 Å². The van der Waals surface area contributed by atoms with Crippen LogP contribution in [0.2, 0.25) is 0 Å². The van der Waals surface area contributed by atoms with Crippen LogP contribution in [0.25, 0.3) is 0 Å². The Balaban J connectivity index is 1.18. The predicted octanol–water partition coefficient (Wildman–Crippen LogP) is 10.4. The second-order valence-corrected chi connectivity index (χ2v) is 14.8. The molecular weight excluding hydrogens is 603 g/mol. The van der Waals surface area contributed by atoms with Gasteiger partial charge in [0.15, 0.2) is 0 Å². The number of para-hydroxylation sites is 4. The van der Waals surface area contributed by atoms with E-state index in [1.807, 2.05) is 72.8 Å². The van der Waals surface area contributed by atoms with Gasteiger partial charge in [0.1, 0.15) is 0 Å². The van der Waals surface area contributed by atoms with E-state index in [-0.39, 0.29) is 9.79 Å². The second-order valence-electron chi connectivity index (χ2n) is 10.7. The SMILES string of the molecule is O=S1(=O)c2cc(N3c4ccccc4Sc4ccccc43)ccc2Nc2ccc(N3c4ccccc4Sc4ccccc43)cc21. The Bertz CT molecular complexity index is 2020. The van der Waals surface area contributed by atoms with Crippen LogP contribution >= 0.6 is 23.5 Å². The summed E-state index contributed by atoms with van der Waals surface area (Å²) in [7, 11) is -3.86. The standard InChI is InChI=1S/C36H23N3O2S3/c40-44(41)35-21-23(38-27-9-1-5-13-31(27)42-32-14-6-2-10-28(32)38)17-19-25(35)37-26-20-18-24(22-36(26)44)39-29-11-3-7-15-33(29)43-34-16-8-4-12-30(34)39/h1-22,37H. The van der Waals surface area contributed by atoms with E-state index >= 15 is 0 Å². The Morgan fingerprint density at radius 3 is 1.16 bits per heavy atom. The lowest BCUT2D eigenvalue weighted by molar-refractivity contribution is 0.596. The third kappa shape index (κ3) is 3.85. The molecule has 0 amide bonds. The van der Waals surface area contributed by atoms with Crippen molar-refractivity contribution in [2.24, 2.45) is 0 Å². The second kappa shape index (κ2) is 9.69. The number of hydrogen-bond donors (Lipinski definition) is 1. The first-order chi connectivity index (χ1) is 21.6. The lowest BCUT2D eigenvalue weighted by Gasteiger charge is -2.34. The quantitative estimate of drug-likeness (QED) is 0.205. The van der Waals surface area contributed by atoms with Gasteiger partial charge in [0, 0.05) is 31.0 Å². The fourth-order valence-electron chi connectivity index (χ4n) is 6.18. The summed E-state index contributed by atoms with van der Waals surface area (Å²) < 4.78 is 28.9. The van der Waals surface area contributed by atoms with Crippen LogP contribution in [0.3, 0.4) is 0 Å². The fraction of sp³-hybridized carbons (Fsp3) is 0. The summed E-state index contributed by atoms with van der Waals surface area (Å²) in [5, 5.41) is 3.41. The highest BCUT2D eigenvalue weighted by molar-refractivity contribution is 8.00. The van der Waals surface area contributed by atoms with E-state index in [2.05, 4.69) is 63.6 Å². The van der Waals surface area contributed by atoms with Crippen molar-refractivity contribution in [2.75, 3.05) is 15.1 Å². The van der Waals surface area contributed by atoms with Crippen molar-refractivity contribution in [2.45, 2.75) is 29.4 Å². The van der Waals surface area contributed by atoms with Crippen LogP contribution in [0.4, 0.5) is 45.5 Å². The zero-order valence-corrected chi connectivity index (χ0v) is 25.6. The van der Waals surface area contributed by atoms with Crippen LogP contribution in [-0.2, 0) is 9.84 Å². The third-order valence-electron chi connectivity index (χ3n) is 8.16. The van der Waals surface area contributed by atoms with Crippen LogP contribution in [0.15, 0.2) is 163 Å². The first-order valence-electron chi connectivity index (χ1n) is 14.2. The molecule has 9 rings (SSSR count). The Morgan fingerprint density at radius 2 is 0.795 bits per heavy atom. The Kier molecular flexibility index (Phi) is 5.69. The molecule has 3 aliphatic heterocycles. The number of sulfone groups is 1. The van der Waals surface area contributed by atoms with Gasteiger partial charge < -0.3 is 15.1 Å². The lowest BCUT2D eigenvalue weighted by Crippen LogP contribution is -2.19. The summed E-state index contributed by atoms with van der Waals surface area (Å²) in [5.74, 6) is 0. The molecule has 6 aromatic carbocycles. The summed E-state index contributed by atoms with van der Waals surface area (Å²) >= 11 is 3.45. The van der Waals surface area contributed by atoms with Crippen molar-refractivity contribution in [1.82, 2.24) is 0 Å². The molecule has 3 heterocycles. The molecule has 0 saturated carbocycles. The molecule has 0 atom stereocenters. The normalized spacial score (nSPS) is 15.1. The summed E-state index contributed by atoms with van der Waals surface area (Å²) in [5.41, 5.74) is 6.86. The van der Waals surface area contributed by atoms with Gasteiger partial charge in [-0.3, -0.25) is 0 Å². The highest BCUT2D eigenvalue weighted by Crippen LogP contribution is 2.54. The molecular formula is C36H23N3O2S3. The highest BCUT2D eigenvalue weighted by atomic mass is 32.2. The van der Waals surface area contributed by atoms with Crippen molar-refractivity contribution in [3.05, 3.63) is 133 Å². The van der Waals surface area contributed by atoms with Crippen molar-refractivity contribution in [3.8, 4) is 0 Å². The van der Waals surface area contributed by atoms with Gasteiger partial charge in [-0.05, 0) is 84.9 Å². The highest BCUT2D eigenvalue weighted by Gasteiger charge is 2.34. The molecule has 44 heavy (non-hydrogen) atoms. The number of benzene rings is 6. The molecule has 6 aromatic rings. The fourth-order valence-corrected chi connectivity index (χ4v) is 9.90. The molecule has 1 N–H and O–H groups in total. The van der Waals surface area contributed by atoms with E-state index in [0.29, 0.717) is 11.4 Å². The van der Waals surface area contributed by atoms with Gasteiger partial charge in [0.2, 0.25) is 9.84 Å². The molecule has 0 unspecified atom stereocenters. The minimum absolute atomic E-state index is 0.267. The molecule has 0 bridgehead atoms. The summed E-state index contributed by atoms with van der Waals surface area (Å²) in [6.45, 7) is 0. The number of nitrogens with zero attached hydrogens (tertiary/aromatic N) is 2. The van der Waals surface area contributed by atoms with Crippen molar-refractivity contribution in [1.29, 1.82) is 0 Å². The van der Waals surface area contributed by atoms with E-state index < -0.39 is 9.84 Å². The molecule has 0 fully saturated rings. The van der Waals surface area contributed by atoms with Crippen LogP contribution in [0.1, 0.15) is 0 Å². The van der Waals surface area contributed by atoms with Crippen LogP contribution in [0.5, 0.6) is 0 Å². The Labute approximate surface area is 264 Å². The number of hydrogen-bond acceptors (Lipinski definition) is 7. The minimum atomic E-state index is -3.86. The first kappa shape index (κ1) is 25.8. The van der Waals surface area contributed by atoms with E-state index in [0.717, 1.165) is 53.7 Å². The third-order valence-corrected chi connectivity index (χ3v) is 12.3. The molecule has 0 radical (unpaired) electrons. The molecule has 8 heteroatoms. The van der Waals surface area contributed by atoms with Crippen molar-refractivity contribution in [3.63, 3.8) is 0 Å². The van der Waals surface area contributed by atoms with Crippen LogP contribution in [0, 0.1) is 0 Å². The molecule has 0 spiro atoms. The van der Waals surface area contributed by atoms with Crippen LogP contribution in [-0.4, -0.2) is 8.42 Å². The molecule has 3 aliphatic rings. The zero-order valence-electron chi connectivity index (χ0n) is 23.1. The Morgan fingerprint density at radius 1 is 0.455 bits per heavy atom. The number of nitrogens with one attached hydrogen (secondary N) is 1. The maximum atomic E-state index is 14.5. The number of anilines is 8. The van der Waals surface area contributed by atoms with Gasteiger partial charge in [0.25, 0.3) is 0 Å². The van der Waals surface area contributed by atoms with E-state index in [9.17, 15) is 8.42 Å². The van der Waals surface area contributed by atoms with Gasteiger partial charge in [-0.25, -0.2) is 8.42 Å². The molecule has 0 saturated heterocycles. The van der Waals surface area contributed by atoms with Crippen molar-refractivity contribution < 1.29 is 8.42 Å². The zero-order chi connectivity index (χ0) is 29.4. The largest absolute Gasteiger partial charge is 0.353 e. The smallest absolute Gasteiger partial charge is 0.210 e. The molecule has 0 aromatic heterocycles. The van der Waals surface area contributed by atoms with Gasteiger partial charge >= 0.3 is 0 Å². The predicted molar refractivity (Wildman–Crippen MR) is 179 cm³/mol. The van der Waals surface area contributed by atoms with Crippen molar-refractivity contribution >= 4 is 78.9 Å². The Hall–Kier alpha value is -4.63. The van der Waals surface area contributed by atoms with E-state index in [1.54, 1.807) is 35.7 Å². The molecule has 212 valence electrons. The maximum absolute atomic E-state index is 14.5. The minimum Gasteiger partial charge on any atom is -0.353 e. The average molecular weight is 626 g/mol. The number of rotatable bonds is 2. The van der Waals surface area contributed by atoms with Gasteiger partial charge in [-0.2, -0.15) is 0 Å². The van der Waals surface area contributed by atoms with Crippen LogP contribution < -0.4 is 15.1 Å². The first-order valence-corrected chi connectivity index (χ1v) is 17.3. The monoisotopic (exact) mass is 625 g/mol. The molecule has 0 aliphatic carbocycles. The average Bonchev–Trinajstić information content (AvgIpc) is 3.06. The lowest BCUT2D eigenvalue weighted by atomic mass is 10.1. The summed E-state index contributed by atoms with van der Waals surface area (Å²) in [6, 6.07) is 44.3. The van der Waals surface area contributed by atoms with Gasteiger partial charge in [0.05, 0.1) is 43.9 Å². The maximum Gasteiger partial charge on any atom is 0.210 e. The molecule has 5 nitrogen and oxygen atoms in total. The number of fused-ring (bicyclic) bond motifs is 6. The van der Waals surface area contributed by atoms with E-state index in [1.165, 1.54) is 0 Å². The van der Waals surface area contributed by atoms with Gasteiger partial charge in [-0.15, -0.1) is 0 Å².